The Morgan fingerprint density at radius 3 is 2.57 bits per heavy atom. The van der Waals surface area contributed by atoms with Gasteiger partial charge in [0.2, 0.25) is 0 Å². The number of carbonyl (C=O) groups excluding carboxylic acids is 2. The Hall–Kier alpha value is -4.09. The molecule has 2 atom stereocenters. The van der Waals surface area contributed by atoms with Crippen LogP contribution < -0.4 is 22.1 Å². The van der Waals surface area contributed by atoms with Crippen molar-refractivity contribution in [3.05, 3.63) is 82.9 Å². The Kier molecular flexibility index (Phi) is 7.95. The lowest BCUT2D eigenvalue weighted by atomic mass is 10.00. The fraction of sp³-hybridized carbons (Fsp3) is 0.231. The number of fused-ring (bicyclic) bond motifs is 1. The largest absolute Gasteiger partial charge is 0.397 e. The van der Waals surface area contributed by atoms with Gasteiger partial charge in [-0.15, -0.1) is 11.3 Å². The Labute approximate surface area is 217 Å². The van der Waals surface area contributed by atoms with Crippen molar-refractivity contribution in [2.45, 2.75) is 24.9 Å². The van der Waals surface area contributed by atoms with E-state index in [1.54, 1.807) is 48.7 Å². The number of anilines is 2. The van der Waals surface area contributed by atoms with Crippen molar-refractivity contribution in [2.75, 3.05) is 25.1 Å². The highest BCUT2D eigenvalue weighted by molar-refractivity contribution is 7.18. The van der Waals surface area contributed by atoms with Gasteiger partial charge in [0.15, 0.2) is 0 Å². The van der Waals surface area contributed by atoms with Gasteiger partial charge in [-0.1, -0.05) is 18.2 Å². The Balaban J connectivity index is 1.49. The molecule has 6 N–H and O–H groups in total. The molecular weight excluding hydrogens is 493 g/mol. The molecule has 0 radical (unpaired) electrons. The number of pyridine rings is 1. The van der Waals surface area contributed by atoms with Crippen molar-refractivity contribution < 1.29 is 14.0 Å². The number of nitrogen functional groups attached to an aromatic ring is 1. The number of carbonyl (C=O) groups is 2. The number of nitrogens with one attached hydrogen (secondary N) is 2. The first-order chi connectivity index (χ1) is 17.7. The van der Waals surface area contributed by atoms with Crippen LogP contribution in [0.25, 0.3) is 10.2 Å². The van der Waals surface area contributed by atoms with Crippen LogP contribution in [0.15, 0.2) is 60.8 Å². The summed E-state index contributed by atoms with van der Waals surface area (Å²) in [7, 11) is 3.89. The number of urea groups is 1. The van der Waals surface area contributed by atoms with Crippen molar-refractivity contribution in [3.8, 4) is 0 Å². The molecule has 0 fully saturated rings. The highest BCUT2D eigenvalue weighted by Gasteiger charge is 2.23. The first kappa shape index (κ1) is 26.0. The summed E-state index contributed by atoms with van der Waals surface area (Å²) in [4.78, 5) is 35.4. The predicted molar refractivity (Wildman–Crippen MR) is 144 cm³/mol. The lowest BCUT2D eigenvalue weighted by Gasteiger charge is -2.25. The summed E-state index contributed by atoms with van der Waals surface area (Å²) in [6, 6.07) is 13.7. The van der Waals surface area contributed by atoms with Gasteiger partial charge < -0.3 is 27.0 Å². The van der Waals surface area contributed by atoms with Crippen LogP contribution in [0.4, 0.5) is 20.6 Å². The third-order valence-corrected chi connectivity index (χ3v) is 7.07. The molecule has 11 heteroatoms. The van der Waals surface area contributed by atoms with Crippen molar-refractivity contribution in [2.24, 2.45) is 5.73 Å². The quantitative estimate of drug-likeness (QED) is 0.240. The highest BCUT2D eigenvalue weighted by atomic mass is 32.1. The SMILES string of the molecule is CN(C)C(CCC(NC(N)=O)c1ccc(C(=O)Nc2ccccc2N)nc1)c1nc2ccc(F)cc2s1. The van der Waals surface area contributed by atoms with Crippen LogP contribution >= 0.6 is 11.3 Å². The van der Waals surface area contributed by atoms with Gasteiger partial charge in [0.05, 0.1) is 33.7 Å². The summed E-state index contributed by atoms with van der Waals surface area (Å²) in [6.07, 6.45) is 2.72. The van der Waals surface area contributed by atoms with Crippen LogP contribution in [0.3, 0.4) is 0 Å². The van der Waals surface area contributed by atoms with Crippen LogP contribution in [0.5, 0.6) is 0 Å². The number of benzene rings is 2. The number of para-hydroxylation sites is 2. The summed E-state index contributed by atoms with van der Waals surface area (Å²) < 4.78 is 14.4. The van der Waals surface area contributed by atoms with E-state index in [0.717, 1.165) is 15.2 Å². The van der Waals surface area contributed by atoms with E-state index in [0.29, 0.717) is 29.8 Å². The van der Waals surface area contributed by atoms with Crippen LogP contribution in [-0.4, -0.2) is 40.9 Å². The number of rotatable bonds is 9. The number of thiazole rings is 1. The van der Waals surface area contributed by atoms with Gasteiger partial charge in [-0.2, -0.15) is 0 Å². The van der Waals surface area contributed by atoms with Crippen molar-refractivity contribution in [3.63, 3.8) is 0 Å². The molecule has 9 nitrogen and oxygen atoms in total. The topological polar surface area (TPSA) is 139 Å². The Bertz CT molecular complexity index is 1410. The molecule has 2 aromatic carbocycles. The van der Waals surface area contributed by atoms with Crippen LogP contribution in [-0.2, 0) is 0 Å². The van der Waals surface area contributed by atoms with Crippen molar-refractivity contribution >= 4 is 44.9 Å². The lowest BCUT2D eigenvalue weighted by molar-refractivity contribution is 0.102. The standard InChI is InChI=1S/C26H28FN7O2S/c1-34(2)22(25-32-20-10-8-16(27)13-23(20)37-25)12-11-18(33-26(29)36)15-7-9-21(30-14-15)24(35)31-19-6-4-3-5-17(19)28/h3-10,13-14,18,22H,11-12,28H2,1-2H3,(H,31,35)(H3,29,33,36). The molecule has 4 rings (SSSR count). The second-order valence-electron chi connectivity index (χ2n) is 8.80. The van der Waals surface area contributed by atoms with E-state index in [1.807, 2.05) is 19.0 Å². The van der Waals surface area contributed by atoms with Gasteiger partial charge in [0.25, 0.3) is 5.91 Å². The molecule has 0 bridgehead atoms. The number of aromatic nitrogens is 2. The summed E-state index contributed by atoms with van der Waals surface area (Å²) in [5, 5.41) is 6.37. The molecule has 4 aromatic rings. The zero-order chi connectivity index (χ0) is 26.5. The maximum absolute atomic E-state index is 13.7. The van der Waals surface area contributed by atoms with E-state index in [-0.39, 0.29) is 17.6 Å². The molecule has 3 amide bonds. The zero-order valence-electron chi connectivity index (χ0n) is 20.4. The van der Waals surface area contributed by atoms with E-state index in [4.69, 9.17) is 16.5 Å². The summed E-state index contributed by atoms with van der Waals surface area (Å²) in [5.74, 6) is -0.699. The van der Waals surface area contributed by atoms with Crippen molar-refractivity contribution in [1.29, 1.82) is 0 Å². The molecule has 2 unspecified atom stereocenters. The normalized spacial score (nSPS) is 12.9. The molecule has 37 heavy (non-hydrogen) atoms. The molecule has 0 saturated heterocycles. The minimum atomic E-state index is -0.664. The minimum Gasteiger partial charge on any atom is -0.397 e. The van der Waals surface area contributed by atoms with E-state index in [9.17, 15) is 14.0 Å². The fourth-order valence-electron chi connectivity index (χ4n) is 4.02. The molecule has 2 heterocycles. The number of hydrogen-bond acceptors (Lipinski definition) is 7. The maximum Gasteiger partial charge on any atom is 0.312 e. The first-order valence-electron chi connectivity index (χ1n) is 11.6. The number of hydrogen-bond donors (Lipinski definition) is 4. The maximum atomic E-state index is 13.7. The van der Waals surface area contributed by atoms with Crippen LogP contribution in [0, 0.1) is 5.82 Å². The number of nitrogens with zero attached hydrogens (tertiary/aromatic N) is 3. The second kappa shape index (κ2) is 11.3. The van der Waals surface area contributed by atoms with E-state index >= 15 is 0 Å². The third kappa shape index (κ3) is 6.38. The Morgan fingerprint density at radius 2 is 1.89 bits per heavy atom. The fourth-order valence-corrected chi connectivity index (χ4v) is 5.25. The van der Waals surface area contributed by atoms with Crippen molar-refractivity contribution in [1.82, 2.24) is 20.2 Å². The molecular formula is C26H28FN7O2S. The van der Waals surface area contributed by atoms with Gasteiger partial charge >= 0.3 is 6.03 Å². The lowest BCUT2D eigenvalue weighted by Crippen LogP contribution is -2.34. The number of halogens is 1. The molecule has 0 aliphatic rings. The predicted octanol–water partition coefficient (Wildman–Crippen LogP) is 4.46. The minimum absolute atomic E-state index is 0.0630. The molecule has 192 valence electrons. The molecule has 0 saturated carbocycles. The van der Waals surface area contributed by atoms with Gasteiger partial charge in [-0.25, -0.2) is 14.2 Å². The van der Waals surface area contributed by atoms with Gasteiger partial charge in [-0.3, -0.25) is 9.78 Å². The number of primary amides is 1. The Morgan fingerprint density at radius 1 is 1.11 bits per heavy atom. The summed E-state index contributed by atoms with van der Waals surface area (Å²) in [5.41, 5.74) is 14.0. The monoisotopic (exact) mass is 521 g/mol. The summed E-state index contributed by atoms with van der Waals surface area (Å²) in [6.45, 7) is 0. The number of amides is 3. The molecule has 0 aliphatic carbocycles. The average molecular weight is 522 g/mol. The molecule has 2 aromatic heterocycles. The van der Waals surface area contributed by atoms with E-state index < -0.39 is 18.0 Å². The molecule has 0 spiro atoms. The number of nitrogens with two attached hydrogens (primary N) is 2. The average Bonchev–Trinajstić information content (AvgIpc) is 3.27. The van der Waals surface area contributed by atoms with Gasteiger partial charge in [0.1, 0.15) is 16.5 Å². The van der Waals surface area contributed by atoms with E-state index in [1.165, 1.54) is 23.5 Å². The van der Waals surface area contributed by atoms with Gasteiger partial charge in [-0.05, 0) is 68.9 Å². The van der Waals surface area contributed by atoms with Crippen LogP contribution in [0.1, 0.15) is 46.0 Å². The first-order valence-corrected chi connectivity index (χ1v) is 12.4. The smallest absolute Gasteiger partial charge is 0.312 e. The highest BCUT2D eigenvalue weighted by Crippen LogP contribution is 2.33. The second-order valence-corrected chi connectivity index (χ2v) is 9.86. The molecule has 0 aliphatic heterocycles. The van der Waals surface area contributed by atoms with E-state index in [2.05, 4.69) is 15.6 Å². The third-order valence-electron chi connectivity index (χ3n) is 5.95. The zero-order valence-corrected chi connectivity index (χ0v) is 21.3. The summed E-state index contributed by atoms with van der Waals surface area (Å²) >= 11 is 1.45. The van der Waals surface area contributed by atoms with Gasteiger partial charge in [0, 0.05) is 6.20 Å². The van der Waals surface area contributed by atoms with Crippen LogP contribution in [0.2, 0.25) is 0 Å².